The van der Waals surface area contributed by atoms with Gasteiger partial charge in [0.05, 0.1) is 12.7 Å². The van der Waals surface area contributed by atoms with E-state index < -0.39 is 0 Å². The third kappa shape index (κ3) is 0.718. The largest absolute Gasteiger partial charge is 0.342 e. The molecule has 0 aromatic rings. The monoisotopic (exact) mass is 100 g/mol. The molecule has 3 nitrogen and oxygen atoms in total. The Labute approximate surface area is 42.1 Å². The molecule has 1 unspecified atom stereocenters. The fraction of sp³-hybridized carbons (Fsp3) is 0.750. The molecule has 2 N–H and O–H groups in total. The van der Waals surface area contributed by atoms with Gasteiger partial charge in [-0.25, -0.2) is 0 Å². The molecule has 1 rings (SSSR count). The molecule has 1 aliphatic rings. The minimum absolute atomic E-state index is 0.0139. The average Bonchev–Trinajstić information content (AvgIpc) is 1.91. The summed E-state index contributed by atoms with van der Waals surface area (Å²) < 4.78 is 0. The van der Waals surface area contributed by atoms with E-state index in [1.54, 1.807) is 0 Å². The van der Waals surface area contributed by atoms with Gasteiger partial charge in [-0.1, -0.05) is 0 Å². The van der Waals surface area contributed by atoms with Crippen LogP contribution in [0.4, 0.5) is 0 Å². The summed E-state index contributed by atoms with van der Waals surface area (Å²) >= 11 is 0. The van der Waals surface area contributed by atoms with E-state index in [1.807, 2.05) is 6.92 Å². The highest BCUT2D eigenvalue weighted by Crippen LogP contribution is 1.84. The van der Waals surface area contributed by atoms with Crippen molar-refractivity contribution in [3.63, 3.8) is 0 Å². The Hall–Kier alpha value is -0.570. The molecule has 0 saturated carbocycles. The Morgan fingerprint density at radius 2 is 2.57 bits per heavy atom. The summed E-state index contributed by atoms with van der Waals surface area (Å²) in [5, 5.41) is 5.53. The molecule has 1 saturated heterocycles. The predicted octanol–water partition coefficient (Wildman–Crippen LogP) is -0.948. The first kappa shape index (κ1) is 4.59. The zero-order valence-corrected chi connectivity index (χ0v) is 4.19. The van der Waals surface area contributed by atoms with E-state index in [0.29, 0.717) is 6.67 Å². The first-order valence-electron chi connectivity index (χ1n) is 2.32. The summed E-state index contributed by atoms with van der Waals surface area (Å²) in [5.74, 6) is 0.0972. The first-order valence-corrected chi connectivity index (χ1v) is 2.32. The lowest BCUT2D eigenvalue weighted by molar-refractivity contribution is -0.120. The molecule has 0 bridgehead atoms. The van der Waals surface area contributed by atoms with Crippen molar-refractivity contribution >= 4 is 5.91 Å². The van der Waals surface area contributed by atoms with E-state index in [0.717, 1.165) is 0 Å². The highest BCUT2D eigenvalue weighted by Gasteiger charge is 2.16. The number of carbonyl (C=O) groups excluding carboxylic acids is 1. The van der Waals surface area contributed by atoms with Crippen LogP contribution in [0.5, 0.6) is 0 Å². The topological polar surface area (TPSA) is 41.1 Å². The Kier molecular flexibility index (Phi) is 0.982. The predicted molar refractivity (Wildman–Crippen MR) is 25.6 cm³/mol. The van der Waals surface area contributed by atoms with Crippen molar-refractivity contribution in [1.29, 1.82) is 0 Å². The number of nitrogens with one attached hydrogen (secondary N) is 2. The highest BCUT2D eigenvalue weighted by molar-refractivity contribution is 5.82. The lowest BCUT2D eigenvalue weighted by Crippen LogP contribution is -2.23. The second kappa shape index (κ2) is 1.50. The molecular formula is C4H8N2O. The van der Waals surface area contributed by atoms with Crippen LogP contribution in [0.3, 0.4) is 0 Å². The normalized spacial score (nSPS) is 30.4. The van der Waals surface area contributed by atoms with E-state index in [1.165, 1.54) is 0 Å². The van der Waals surface area contributed by atoms with Crippen molar-refractivity contribution in [1.82, 2.24) is 10.6 Å². The quantitative estimate of drug-likeness (QED) is 0.412. The van der Waals surface area contributed by atoms with Crippen molar-refractivity contribution < 1.29 is 4.79 Å². The standard InChI is InChI=1S/C4H8N2O/c1-3-4(7)6-2-5-3/h3,5H,2H2,1H3,(H,6,7). The Morgan fingerprint density at radius 3 is 2.71 bits per heavy atom. The average molecular weight is 100 g/mol. The minimum Gasteiger partial charge on any atom is -0.342 e. The maximum absolute atomic E-state index is 10.4. The lowest BCUT2D eigenvalue weighted by Gasteiger charge is -1.91. The number of carbonyl (C=O) groups is 1. The molecule has 1 atom stereocenters. The third-order valence-electron chi connectivity index (χ3n) is 1.06. The third-order valence-corrected chi connectivity index (χ3v) is 1.06. The molecule has 0 aliphatic carbocycles. The fourth-order valence-electron chi connectivity index (χ4n) is 0.537. The number of rotatable bonds is 0. The van der Waals surface area contributed by atoms with Crippen LogP contribution in [0.1, 0.15) is 6.92 Å². The van der Waals surface area contributed by atoms with Gasteiger partial charge in [-0.05, 0) is 6.92 Å². The van der Waals surface area contributed by atoms with Gasteiger partial charge in [-0.15, -0.1) is 0 Å². The number of hydrogen-bond donors (Lipinski definition) is 2. The van der Waals surface area contributed by atoms with Crippen LogP contribution in [-0.4, -0.2) is 18.6 Å². The summed E-state index contributed by atoms with van der Waals surface area (Å²) in [5.41, 5.74) is 0. The van der Waals surface area contributed by atoms with Gasteiger partial charge in [0.25, 0.3) is 0 Å². The second-order valence-electron chi connectivity index (χ2n) is 1.64. The van der Waals surface area contributed by atoms with Gasteiger partial charge in [0.15, 0.2) is 0 Å². The van der Waals surface area contributed by atoms with Crippen LogP contribution < -0.4 is 10.6 Å². The number of amides is 1. The highest BCUT2D eigenvalue weighted by atomic mass is 16.2. The van der Waals surface area contributed by atoms with Crippen LogP contribution in [0, 0.1) is 0 Å². The zero-order chi connectivity index (χ0) is 5.28. The van der Waals surface area contributed by atoms with Crippen LogP contribution >= 0.6 is 0 Å². The van der Waals surface area contributed by atoms with Crippen LogP contribution in [0.25, 0.3) is 0 Å². The van der Waals surface area contributed by atoms with E-state index in [9.17, 15) is 4.79 Å². The Morgan fingerprint density at radius 1 is 1.86 bits per heavy atom. The van der Waals surface area contributed by atoms with Gasteiger partial charge >= 0.3 is 0 Å². The molecule has 0 aromatic carbocycles. The van der Waals surface area contributed by atoms with Gasteiger partial charge in [0.1, 0.15) is 0 Å². The summed E-state index contributed by atoms with van der Waals surface area (Å²) in [4.78, 5) is 10.4. The molecule has 3 heteroatoms. The summed E-state index contributed by atoms with van der Waals surface area (Å²) in [6.45, 7) is 2.46. The summed E-state index contributed by atoms with van der Waals surface area (Å²) in [6, 6.07) is 0.0139. The number of hydrogen-bond acceptors (Lipinski definition) is 2. The Balaban J connectivity index is 2.48. The lowest BCUT2D eigenvalue weighted by atomic mass is 10.4. The zero-order valence-electron chi connectivity index (χ0n) is 4.19. The SMILES string of the molecule is CC1NCNC1=O. The van der Waals surface area contributed by atoms with Crippen LogP contribution in [0.2, 0.25) is 0 Å². The van der Waals surface area contributed by atoms with Gasteiger partial charge in [-0.2, -0.15) is 0 Å². The molecule has 7 heavy (non-hydrogen) atoms. The minimum atomic E-state index is 0.0139. The van der Waals surface area contributed by atoms with Gasteiger partial charge in [0.2, 0.25) is 5.91 Å². The van der Waals surface area contributed by atoms with E-state index >= 15 is 0 Å². The van der Waals surface area contributed by atoms with Crippen molar-refractivity contribution in [3.05, 3.63) is 0 Å². The van der Waals surface area contributed by atoms with E-state index in [-0.39, 0.29) is 11.9 Å². The molecular weight excluding hydrogens is 92.1 g/mol. The molecule has 1 heterocycles. The summed E-state index contributed by atoms with van der Waals surface area (Å²) in [6.07, 6.45) is 0. The summed E-state index contributed by atoms with van der Waals surface area (Å²) in [7, 11) is 0. The van der Waals surface area contributed by atoms with E-state index in [4.69, 9.17) is 0 Å². The molecule has 1 amide bonds. The van der Waals surface area contributed by atoms with Crippen LogP contribution in [0.15, 0.2) is 0 Å². The maximum atomic E-state index is 10.4. The van der Waals surface area contributed by atoms with Crippen molar-refractivity contribution in [2.75, 3.05) is 6.67 Å². The fourth-order valence-corrected chi connectivity index (χ4v) is 0.537. The molecule has 1 fully saturated rings. The molecule has 0 spiro atoms. The van der Waals surface area contributed by atoms with Crippen molar-refractivity contribution in [2.24, 2.45) is 0 Å². The van der Waals surface area contributed by atoms with Gasteiger partial charge in [-0.3, -0.25) is 10.1 Å². The molecule has 0 radical (unpaired) electrons. The molecule has 0 aromatic heterocycles. The van der Waals surface area contributed by atoms with Gasteiger partial charge < -0.3 is 5.32 Å². The van der Waals surface area contributed by atoms with Crippen LogP contribution in [-0.2, 0) is 4.79 Å². The molecule has 40 valence electrons. The maximum Gasteiger partial charge on any atom is 0.237 e. The second-order valence-corrected chi connectivity index (χ2v) is 1.64. The van der Waals surface area contributed by atoms with E-state index in [2.05, 4.69) is 10.6 Å². The van der Waals surface area contributed by atoms with Crippen molar-refractivity contribution in [3.8, 4) is 0 Å². The van der Waals surface area contributed by atoms with Crippen molar-refractivity contribution in [2.45, 2.75) is 13.0 Å². The first-order chi connectivity index (χ1) is 3.30. The smallest absolute Gasteiger partial charge is 0.237 e. The van der Waals surface area contributed by atoms with Gasteiger partial charge in [0, 0.05) is 0 Å². The molecule has 1 aliphatic heterocycles. The Bertz CT molecular complexity index is 91.7.